The molecule has 358 valence electrons. The number of carbonyl (C=O) groups excluding carboxylic acids is 4. The zero-order valence-electron chi connectivity index (χ0n) is 39.1. The number of hydrogen-bond donors (Lipinski definition) is 2. The highest BCUT2D eigenvalue weighted by Crippen LogP contribution is 2.55. The Morgan fingerprint density at radius 2 is 1.59 bits per heavy atom. The van der Waals surface area contributed by atoms with Crippen molar-refractivity contribution < 1.29 is 28.7 Å². The predicted molar refractivity (Wildman–Crippen MR) is 256 cm³/mol. The van der Waals surface area contributed by atoms with E-state index < -0.39 is 17.5 Å². The number of rotatable bonds is 13. The molecule has 1 aromatic heterocycles. The third-order valence-electron chi connectivity index (χ3n) is 14.8. The van der Waals surface area contributed by atoms with Gasteiger partial charge in [0.2, 0.25) is 11.8 Å². The lowest BCUT2D eigenvalue weighted by Gasteiger charge is -2.63. The van der Waals surface area contributed by atoms with Crippen LogP contribution in [0.2, 0.25) is 5.02 Å². The molecule has 3 aromatic carbocycles. The van der Waals surface area contributed by atoms with Crippen molar-refractivity contribution in [3.05, 3.63) is 87.2 Å². The fourth-order valence-corrected chi connectivity index (χ4v) is 11.3. The molecule has 68 heavy (non-hydrogen) atoms. The highest BCUT2D eigenvalue weighted by atomic mass is 35.5. The van der Waals surface area contributed by atoms with Crippen LogP contribution in [0.3, 0.4) is 0 Å². The van der Waals surface area contributed by atoms with Crippen LogP contribution in [-0.4, -0.2) is 132 Å². The third-order valence-corrected chi connectivity index (χ3v) is 15.1. The minimum atomic E-state index is -0.890. The Bertz CT molecular complexity index is 2670. The number of likely N-dealkylation sites (tertiary alicyclic amines) is 1. The fourth-order valence-electron chi connectivity index (χ4n) is 11.1. The van der Waals surface area contributed by atoms with E-state index >= 15 is 0 Å². The summed E-state index contributed by atoms with van der Waals surface area (Å²) in [5.74, 6) is -0.412. The molecular weight excluding hydrogens is 888 g/mol. The summed E-state index contributed by atoms with van der Waals surface area (Å²) in [5, 5.41) is 23.6. The Hall–Kier alpha value is -6.09. The normalized spacial score (nSPS) is 23.1. The smallest absolute Gasteiger partial charge is 0.278 e. The van der Waals surface area contributed by atoms with Crippen molar-refractivity contribution in [2.75, 3.05) is 75.3 Å². The first-order valence-electron chi connectivity index (χ1n) is 23.7. The molecule has 0 radical (unpaired) electrons. The van der Waals surface area contributed by atoms with Gasteiger partial charge in [-0.1, -0.05) is 44.5 Å². The molecule has 2 N–H and O–H groups in total. The van der Waals surface area contributed by atoms with Gasteiger partial charge in [-0.25, -0.2) is 0 Å². The average molecular weight is 948 g/mol. The number of benzene rings is 3. The number of piperidine rings is 2. The number of aromatic nitrogens is 3. The van der Waals surface area contributed by atoms with E-state index in [4.69, 9.17) is 21.1 Å². The van der Waals surface area contributed by atoms with Gasteiger partial charge in [-0.15, -0.1) is 5.10 Å². The summed E-state index contributed by atoms with van der Waals surface area (Å²) in [4.78, 5) is 73.2. The summed E-state index contributed by atoms with van der Waals surface area (Å²) in [5.41, 5.74) is 2.19. The first kappa shape index (κ1) is 47.0. The zero-order valence-corrected chi connectivity index (χ0v) is 39.8. The molecule has 1 saturated carbocycles. The fraction of sp³-hybridized carbons (Fsp3) is 0.520. The number of piperazine rings is 1. The van der Waals surface area contributed by atoms with Crippen LogP contribution in [0.15, 0.2) is 65.5 Å². The summed E-state index contributed by atoms with van der Waals surface area (Å²) in [6.45, 7) is 16.2. The van der Waals surface area contributed by atoms with E-state index in [0.717, 1.165) is 68.0 Å². The number of nitrogens with zero attached hydrogens (tertiary/aromatic N) is 8. The highest BCUT2D eigenvalue weighted by molar-refractivity contribution is 6.31. The minimum absolute atomic E-state index is 0.113. The van der Waals surface area contributed by atoms with Crippen molar-refractivity contribution in [1.82, 2.24) is 35.4 Å². The maximum absolute atomic E-state index is 13.5. The lowest BCUT2D eigenvalue weighted by molar-refractivity contribution is -0.164. The molecule has 4 aromatic rings. The number of imide groups is 1. The van der Waals surface area contributed by atoms with Gasteiger partial charge >= 0.3 is 0 Å². The first-order valence-corrected chi connectivity index (χ1v) is 24.1. The van der Waals surface area contributed by atoms with Crippen LogP contribution in [0.25, 0.3) is 10.9 Å². The molecule has 4 amide bonds. The Morgan fingerprint density at radius 1 is 0.882 bits per heavy atom. The molecule has 5 heterocycles. The van der Waals surface area contributed by atoms with Gasteiger partial charge in [-0.05, 0) is 80.3 Å². The predicted octanol–water partition coefficient (Wildman–Crippen LogP) is 4.56. The lowest BCUT2D eigenvalue weighted by atomic mass is 9.49. The number of ether oxygens (including phenoxy) is 2. The van der Waals surface area contributed by atoms with E-state index in [9.17, 15) is 29.2 Å². The van der Waals surface area contributed by atoms with E-state index in [-0.39, 0.29) is 65.6 Å². The molecule has 17 nitrogen and oxygen atoms in total. The molecule has 0 bridgehead atoms. The van der Waals surface area contributed by atoms with Crippen LogP contribution in [0.5, 0.6) is 5.75 Å². The van der Waals surface area contributed by atoms with Gasteiger partial charge in [0, 0.05) is 112 Å². The van der Waals surface area contributed by atoms with Crippen LogP contribution in [-0.2, 0) is 19.1 Å². The number of hydrogen-bond acceptors (Lipinski definition) is 13. The minimum Gasteiger partial charge on any atom is -0.489 e. The molecule has 1 atom stereocenters. The number of nitriles is 1. The monoisotopic (exact) mass is 946 g/mol. The van der Waals surface area contributed by atoms with Crippen LogP contribution in [0.4, 0.5) is 11.4 Å². The van der Waals surface area contributed by atoms with E-state index in [1.54, 1.807) is 30.3 Å². The van der Waals surface area contributed by atoms with Crippen LogP contribution < -0.4 is 30.7 Å². The molecule has 0 spiro atoms. The van der Waals surface area contributed by atoms with Crippen LogP contribution in [0.1, 0.15) is 81.8 Å². The standard InChI is InChI=1S/C50H59ClN10O7/c1-49(2)47(50(3,4)48(49)68-37-12-8-32(28-52)39(51)27-37)54-43(63)31-6-9-34(10-7-31)58-23-21-57(22-24-58)18-5-25-67-36-16-19-59(20-17-36)45(65)33-29-60(30-33)35-11-13-40-38(26-35)46(66)61(56-55-40)41-14-15-42(62)53-44(41)64/h6-13,26-27,33,36,41,47-48H,5,14-25,29-30H2,1-4H3,(H,54,63)(H,53,62,64)/t41?,47-,48-. The zero-order chi connectivity index (χ0) is 47.9. The highest BCUT2D eigenvalue weighted by Gasteiger charge is 2.64. The van der Waals surface area contributed by atoms with Gasteiger partial charge in [0.05, 0.1) is 28.0 Å². The quantitative estimate of drug-likeness (QED) is 0.140. The topological polar surface area (TPSA) is 195 Å². The van der Waals surface area contributed by atoms with Crippen LogP contribution >= 0.6 is 11.6 Å². The molecule has 4 saturated heterocycles. The van der Waals surface area contributed by atoms with Crippen molar-refractivity contribution in [3.8, 4) is 11.8 Å². The summed E-state index contributed by atoms with van der Waals surface area (Å²) in [7, 11) is 0. The Morgan fingerprint density at radius 3 is 2.26 bits per heavy atom. The van der Waals surface area contributed by atoms with Gasteiger partial charge in [-0.2, -0.15) is 9.94 Å². The van der Waals surface area contributed by atoms with Crippen molar-refractivity contribution in [1.29, 1.82) is 5.26 Å². The SMILES string of the molecule is CC1(C)[C@H](NC(=O)c2ccc(N3CCN(CCCOC4CCN(C(=O)C5CN(c6ccc7nnn(C8CCC(=O)NC8=O)c(=O)c7c6)C5)CC4)CC3)cc2)C(C)(C)[C@H]1Oc1ccc(C#N)c(Cl)c1. The molecule has 4 aliphatic heterocycles. The largest absolute Gasteiger partial charge is 0.489 e. The number of anilines is 2. The van der Waals surface area contributed by atoms with Crippen LogP contribution in [0, 0.1) is 28.1 Å². The Labute approximate surface area is 400 Å². The van der Waals surface area contributed by atoms with E-state index in [2.05, 4.69) is 69.4 Å². The summed E-state index contributed by atoms with van der Waals surface area (Å²) in [6, 6.07) is 19.4. The molecule has 1 unspecified atom stereocenters. The van der Waals surface area contributed by atoms with E-state index in [0.29, 0.717) is 65.6 Å². The molecular formula is C50H59ClN10O7. The third kappa shape index (κ3) is 9.38. The summed E-state index contributed by atoms with van der Waals surface area (Å²) < 4.78 is 13.7. The average Bonchev–Trinajstić information content (AvgIpc) is 3.31. The van der Waals surface area contributed by atoms with Gasteiger partial charge in [0.25, 0.3) is 17.4 Å². The first-order chi connectivity index (χ1) is 32.6. The lowest BCUT2D eigenvalue weighted by Crippen LogP contribution is -2.74. The second-order valence-corrected chi connectivity index (χ2v) is 20.4. The maximum atomic E-state index is 13.5. The number of amides is 4. The number of nitrogens with one attached hydrogen (secondary N) is 2. The second-order valence-electron chi connectivity index (χ2n) is 20.0. The van der Waals surface area contributed by atoms with Gasteiger partial charge in [-0.3, -0.25) is 34.2 Å². The second kappa shape index (κ2) is 19.1. The van der Waals surface area contributed by atoms with Crippen molar-refractivity contribution in [3.63, 3.8) is 0 Å². The van der Waals surface area contributed by atoms with Crippen molar-refractivity contribution in [2.45, 2.75) is 84.1 Å². The van der Waals surface area contributed by atoms with Crippen molar-refractivity contribution >= 4 is 57.5 Å². The Balaban J connectivity index is 0.657. The van der Waals surface area contributed by atoms with Gasteiger partial charge in [0.15, 0.2) is 0 Å². The number of halogens is 1. The molecule has 1 aliphatic carbocycles. The van der Waals surface area contributed by atoms with Gasteiger partial charge < -0.3 is 29.5 Å². The number of carbonyl (C=O) groups is 4. The maximum Gasteiger partial charge on any atom is 0.278 e. The molecule has 18 heteroatoms. The van der Waals surface area contributed by atoms with E-state index in [1.165, 1.54) is 0 Å². The molecule has 9 rings (SSSR count). The Kier molecular flexibility index (Phi) is 13.2. The summed E-state index contributed by atoms with van der Waals surface area (Å²) >= 11 is 6.26. The van der Waals surface area contributed by atoms with Crippen molar-refractivity contribution in [2.24, 2.45) is 16.7 Å². The van der Waals surface area contributed by atoms with E-state index in [1.807, 2.05) is 35.2 Å². The molecule has 5 fully saturated rings. The molecule has 5 aliphatic rings. The number of fused-ring (bicyclic) bond motifs is 1. The summed E-state index contributed by atoms with van der Waals surface area (Å²) in [6.07, 6.45) is 2.85. The van der Waals surface area contributed by atoms with Gasteiger partial charge in [0.1, 0.15) is 29.5 Å².